The molecule has 1 unspecified atom stereocenters. The molecule has 1 saturated carbocycles. The van der Waals surface area contributed by atoms with Crippen molar-refractivity contribution in [3.63, 3.8) is 0 Å². The highest BCUT2D eigenvalue weighted by Crippen LogP contribution is 2.45. The van der Waals surface area contributed by atoms with Gasteiger partial charge in [-0.3, -0.25) is 0 Å². The second-order valence-electron chi connectivity index (χ2n) is 4.79. The topological polar surface area (TPSA) is 83.5 Å². The van der Waals surface area contributed by atoms with Crippen molar-refractivity contribution in [1.29, 1.82) is 0 Å². The number of hydrogen-bond acceptors (Lipinski definition) is 4. The third kappa shape index (κ3) is 2.51. The maximum atomic E-state index is 11.9. The number of sulfonamides is 1. The highest BCUT2D eigenvalue weighted by atomic mass is 32.2. The van der Waals surface area contributed by atoms with E-state index in [2.05, 4.69) is 4.72 Å². The zero-order valence-electron chi connectivity index (χ0n) is 9.43. The van der Waals surface area contributed by atoms with Gasteiger partial charge in [-0.15, -0.1) is 11.3 Å². The Bertz CT molecular complexity index is 559. The Hall–Kier alpha value is -0.920. The molecule has 1 aromatic rings. The first-order chi connectivity index (χ1) is 7.72. The quantitative estimate of drug-likeness (QED) is 0.872. The van der Waals surface area contributed by atoms with Crippen LogP contribution in [0.3, 0.4) is 0 Å². The Kier molecular flexibility index (Phi) is 2.80. The maximum absolute atomic E-state index is 11.9. The largest absolute Gasteiger partial charge is 0.477 e. The van der Waals surface area contributed by atoms with Gasteiger partial charge in [0, 0.05) is 6.04 Å². The third-order valence-electron chi connectivity index (χ3n) is 2.87. The van der Waals surface area contributed by atoms with Crippen molar-refractivity contribution in [2.75, 3.05) is 0 Å². The van der Waals surface area contributed by atoms with Crippen LogP contribution < -0.4 is 4.72 Å². The minimum absolute atomic E-state index is 0.0000422. The first-order valence-corrected chi connectivity index (χ1v) is 7.38. The lowest BCUT2D eigenvalue weighted by Crippen LogP contribution is -2.27. The third-order valence-corrected chi connectivity index (χ3v) is 5.90. The summed E-state index contributed by atoms with van der Waals surface area (Å²) < 4.78 is 26.5. The SMILES string of the molecule is CC1(C)CC1NS(=O)(=O)c1ccc(C(=O)O)s1. The van der Waals surface area contributed by atoms with Crippen LogP contribution in [0.4, 0.5) is 0 Å². The zero-order valence-corrected chi connectivity index (χ0v) is 11.1. The minimum Gasteiger partial charge on any atom is -0.477 e. The number of hydrogen-bond donors (Lipinski definition) is 2. The molecule has 0 spiro atoms. The van der Waals surface area contributed by atoms with Gasteiger partial charge in [0.15, 0.2) is 0 Å². The van der Waals surface area contributed by atoms with Crippen LogP contribution in [0.1, 0.15) is 29.9 Å². The van der Waals surface area contributed by atoms with Gasteiger partial charge < -0.3 is 5.11 Å². The van der Waals surface area contributed by atoms with Gasteiger partial charge >= 0.3 is 5.97 Å². The number of carbonyl (C=O) groups is 1. The van der Waals surface area contributed by atoms with Crippen LogP contribution in [-0.4, -0.2) is 25.5 Å². The number of aromatic carboxylic acids is 1. The molecule has 0 amide bonds. The van der Waals surface area contributed by atoms with E-state index in [1.165, 1.54) is 12.1 Å². The van der Waals surface area contributed by atoms with Gasteiger partial charge in [-0.2, -0.15) is 0 Å². The van der Waals surface area contributed by atoms with E-state index in [0.29, 0.717) is 0 Å². The molecule has 1 aliphatic carbocycles. The fraction of sp³-hybridized carbons (Fsp3) is 0.500. The van der Waals surface area contributed by atoms with Gasteiger partial charge in [0.05, 0.1) is 0 Å². The fourth-order valence-corrected chi connectivity index (χ4v) is 4.06. The van der Waals surface area contributed by atoms with Crippen molar-refractivity contribution in [1.82, 2.24) is 4.72 Å². The molecular formula is C10H13NO4S2. The van der Waals surface area contributed by atoms with Gasteiger partial charge in [0.2, 0.25) is 10.0 Å². The number of thiophene rings is 1. The van der Waals surface area contributed by atoms with E-state index < -0.39 is 16.0 Å². The first kappa shape index (κ1) is 12.5. The standard InChI is InChI=1S/C10H13NO4S2/c1-10(2)5-7(10)11-17(14,15)8-4-3-6(16-8)9(12)13/h3-4,7,11H,5H2,1-2H3,(H,12,13). The van der Waals surface area contributed by atoms with Crippen LogP contribution in [0, 0.1) is 5.41 Å². The van der Waals surface area contributed by atoms with E-state index in [1.54, 1.807) is 0 Å². The van der Waals surface area contributed by atoms with Crippen molar-refractivity contribution in [3.05, 3.63) is 17.0 Å². The number of carboxylic acids is 1. The maximum Gasteiger partial charge on any atom is 0.345 e. The van der Waals surface area contributed by atoms with Crippen LogP contribution in [0.2, 0.25) is 0 Å². The van der Waals surface area contributed by atoms with Crippen LogP contribution in [-0.2, 0) is 10.0 Å². The molecule has 94 valence electrons. The fourth-order valence-electron chi connectivity index (χ4n) is 1.49. The van der Waals surface area contributed by atoms with E-state index in [9.17, 15) is 13.2 Å². The molecule has 5 nitrogen and oxygen atoms in total. The number of carboxylic acid groups (broad SMARTS) is 1. The Morgan fingerprint density at radius 3 is 2.53 bits per heavy atom. The predicted molar refractivity (Wildman–Crippen MR) is 63.8 cm³/mol. The molecule has 0 bridgehead atoms. The molecule has 2 rings (SSSR count). The molecule has 0 radical (unpaired) electrons. The molecule has 1 atom stereocenters. The number of nitrogens with one attached hydrogen (secondary N) is 1. The molecule has 0 aromatic carbocycles. The predicted octanol–water partition coefficient (Wildman–Crippen LogP) is 1.52. The Balaban J connectivity index is 2.17. The summed E-state index contributed by atoms with van der Waals surface area (Å²) in [4.78, 5) is 10.7. The second kappa shape index (κ2) is 3.79. The Labute approximate surface area is 104 Å². The van der Waals surface area contributed by atoms with Crippen LogP contribution in [0.15, 0.2) is 16.3 Å². The van der Waals surface area contributed by atoms with Gasteiger partial charge in [0.25, 0.3) is 0 Å². The lowest BCUT2D eigenvalue weighted by atomic mass is 10.2. The molecule has 0 saturated heterocycles. The van der Waals surface area contributed by atoms with E-state index in [1.807, 2.05) is 13.8 Å². The summed E-state index contributed by atoms with van der Waals surface area (Å²) in [6.45, 7) is 3.97. The monoisotopic (exact) mass is 275 g/mol. The second-order valence-corrected chi connectivity index (χ2v) is 7.82. The highest BCUT2D eigenvalue weighted by molar-refractivity contribution is 7.91. The number of rotatable bonds is 4. The molecule has 1 aromatic heterocycles. The van der Waals surface area contributed by atoms with Crippen molar-refractivity contribution in [2.24, 2.45) is 5.41 Å². The average Bonchev–Trinajstić information content (AvgIpc) is 2.68. The average molecular weight is 275 g/mol. The molecular weight excluding hydrogens is 262 g/mol. The van der Waals surface area contributed by atoms with E-state index in [-0.39, 0.29) is 20.5 Å². The summed E-state index contributed by atoms with van der Waals surface area (Å²) >= 11 is 0.768. The minimum atomic E-state index is -3.58. The summed E-state index contributed by atoms with van der Waals surface area (Å²) in [6, 6.07) is 2.58. The molecule has 1 fully saturated rings. The van der Waals surface area contributed by atoms with Crippen molar-refractivity contribution in [3.8, 4) is 0 Å². The lowest BCUT2D eigenvalue weighted by Gasteiger charge is -2.05. The summed E-state index contributed by atoms with van der Waals surface area (Å²) in [5.41, 5.74) is -0.0000422. The van der Waals surface area contributed by atoms with Gasteiger partial charge in [0.1, 0.15) is 9.09 Å². The summed E-state index contributed by atoms with van der Waals surface area (Å²) in [6.07, 6.45) is 0.809. The first-order valence-electron chi connectivity index (χ1n) is 5.08. The molecule has 1 heterocycles. The molecule has 2 N–H and O–H groups in total. The smallest absolute Gasteiger partial charge is 0.345 e. The van der Waals surface area contributed by atoms with Crippen LogP contribution in [0.25, 0.3) is 0 Å². The summed E-state index contributed by atoms with van der Waals surface area (Å²) in [5.74, 6) is -1.11. The lowest BCUT2D eigenvalue weighted by molar-refractivity contribution is 0.0702. The molecule has 17 heavy (non-hydrogen) atoms. The van der Waals surface area contributed by atoms with Gasteiger partial charge in [-0.25, -0.2) is 17.9 Å². The van der Waals surface area contributed by atoms with Gasteiger partial charge in [-0.05, 0) is 24.0 Å². The normalized spacial score (nSPS) is 22.4. The van der Waals surface area contributed by atoms with E-state index >= 15 is 0 Å². The summed E-state index contributed by atoms with van der Waals surface area (Å²) in [7, 11) is -3.58. The van der Waals surface area contributed by atoms with Crippen molar-refractivity contribution < 1.29 is 18.3 Å². The Morgan fingerprint density at radius 2 is 2.12 bits per heavy atom. The molecule has 1 aliphatic rings. The van der Waals surface area contributed by atoms with E-state index in [4.69, 9.17) is 5.11 Å². The molecule has 7 heteroatoms. The van der Waals surface area contributed by atoms with Crippen LogP contribution >= 0.6 is 11.3 Å². The van der Waals surface area contributed by atoms with E-state index in [0.717, 1.165) is 17.8 Å². The van der Waals surface area contributed by atoms with Gasteiger partial charge in [-0.1, -0.05) is 13.8 Å². The van der Waals surface area contributed by atoms with Crippen molar-refractivity contribution in [2.45, 2.75) is 30.5 Å². The summed E-state index contributed by atoms with van der Waals surface area (Å²) in [5, 5.41) is 8.74. The Morgan fingerprint density at radius 1 is 1.53 bits per heavy atom. The molecule has 0 aliphatic heterocycles. The van der Waals surface area contributed by atoms with Crippen molar-refractivity contribution >= 4 is 27.3 Å². The highest BCUT2D eigenvalue weighted by Gasteiger charge is 2.48. The zero-order chi connectivity index (χ0) is 12.8. The van der Waals surface area contributed by atoms with Crippen LogP contribution in [0.5, 0.6) is 0 Å².